The van der Waals surface area contributed by atoms with Crippen LogP contribution in [0.5, 0.6) is 0 Å². The molecule has 0 unspecified atom stereocenters. The van der Waals surface area contributed by atoms with Crippen LogP contribution in [0.1, 0.15) is 90.0 Å². The van der Waals surface area contributed by atoms with Crippen molar-refractivity contribution in [2.75, 3.05) is 13.2 Å². The summed E-state index contributed by atoms with van der Waals surface area (Å²) in [5.41, 5.74) is 2.60. The van der Waals surface area contributed by atoms with E-state index in [1.54, 1.807) is 0 Å². The molecule has 1 N–H and O–H groups in total. The van der Waals surface area contributed by atoms with E-state index in [1.807, 2.05) is 6.92 Å². The number of rotatable bonds is 13. The summed E-state index contributed by atoms with van der Waals surface area (Å²) in [4.78, 5) is 0. The molecule has 0 saturated carbocycles. The van der Waals surface area contributed by atoms with E-state index in [0.717, 1.165) is 0 Å². The molecule has 0 spiro atoms. The van der Waals surface area contributed by atoms with Crippen molar-refractivity contribution in [3.05, 3.63) is 0 Å². The number of hydrogen-bond donors (Lipinski definition) is 1. The molecule has 0 amide bonds. The lowest BCUT2D eigenvalue weighted by Gasteiger charge is -2.46. The quantitative estimate of drug-likeness (QED) is 0.240. The Bertz CT molecular complexity index is 490. The summed E-state index contributed by atoms with van der Waals surface area (Å²) >= 11 is 0. The van der Waals surface area contributed by atoms with Gasteiger partial charge in [-0.05, 0) is 40.2 Å². The lowest BCUT2D eigenvalue weighted by Crippen LogP contribution is -2.55. The van der Waals surface area contributed by atoms with E-state index in [0.29, 0.717) is 39.9 Å². The van der Waals surface area contributed by atoms with Gasteiger partial charge in [-0.25, -0.2) is 0 Å². The van der Waals surface area contributed by atoms with E-state index in [1.165, 1.54) is 0 Å². The molecular weight excluding hydrogens is 408 g/mol. The van der Waals surface area contributed by atoms with Crippen LogP contribution < -0.4 is 0 Å². The van der Waals surface area contributed by atoms with Crippen molar-refractivity contribution in [2.24, 2.45) is 0 Å². The van der Waals surface area contributed by atoms with Gasteiger partial charge in [0.2, 0.25) is 8.32 Å². The zero-order valence-corrected chi connectivity index (χ0v) is 24.2. The van der Waals surface area contributed by atoms with E-state index in [2.05, 4.69) is 83.1 Å². The molecular formula is C24H52O4Si2. The van der Waals surface area contributed by atoms with E-state index in [-0.39, 0.29) is 18.8 Å². The Morgan fingerprint density at radius 3 is 1.37 bits per heavy atom. The van der Waals surface area contributed by atoms with Crippen molar-refractivity contribution in [3.8, 4) is 0 Å². The Hall–Kier alpha value is 0.274. The molecule has 1 fully saturated rings. The molecule has 1 rings (SSSR count). The molecule has 1 saturated heterocycles. The third-order valence-electron chi connectivity index (χ3n) is 7.86. The average Bonchev–Trinajstić information content (AvgIpc) is 3.28. The molecule has 0 aromatic rings. The second kappa shape index (κ2) is 10.5. The topological polar surface area (TPSA) is 51.2 Å². The predicted molar refractivity (Wildman–Crippen MR) is 133 cm³/mol. The maximum absolute atomic E-state index is 9.90. The number of hydrogen-bond acceptors (Lipinski definition) is 4. The Kier molecular flexibility index (Phi) is 9.88. The third kappa shape index (κ3) is 5.25. The highest BCUT2D eigenvalue weighted by molar-refractivity contribution is 6.78. The predicted octanol–water partition coefficient (Wildman–Crippen LogP) is 6.89. The summed E-state index contributed by atoms with van der Waals surface area (Å²) < 4.78 is 20.2. The second-order valence-electron chi connectivity index (χ2n) is 11.6. The number of epoxide rings is 1. The maximum atomic E-state index is 9.90. The van der Waals surface area contributed by atoms with Gasteiger partial charge in [-0.2, -0.15) is 0 Å². The molecule has 0 radical (unpaired) electrons. The first-order valence-electron chi connectivity index (χ1n) is 12.2. The molecule has 30 heavy (non-hydrogen) atoms. The summed E-state index contributed by atoms with van der Waals surface area (Å²) in [6, 6.07) is 0. The highest BCUT2D eigenvalue weighted by Crippen LogP contribution is 2.48. The smallest absolute Gasteiger partial charge is 0.201 e. The normalized spacial score (nSPS) is 24.2. The van der Waals surface area contributed by atoms with Crippen LogP contribution >= 0.6 is 0 Å². The van der Waals surface area contributed by atoms with Crippen LogP contribution in [0.15, 0.2) is 0 Å². The van der Waals surface area contributed by atoms with Crippen LogP contribution in [-0.4, -0.2) is 52.8 Å². The van der Waals surface area contributed by atoms with Crippen LogP contribution in [0.2, 0.25) is 33.2 Å². The molecule has 6 heteroatoms. The maximum Gasteiger partial charge on any atom is 0.201 e. The fraction of sp³-hybridized carbons (Fsp3) is 1.00. The Morgan fingerprint density at radius 1 is 0.733 bits per heavy atom. The molecule has 180 valence electrons. The van der Waals surface area contributed by atoms with Crippen LogP contribution in [0.3, 0.4) is 0 Å². The Labute approximate surface area is 189 Å². The average molecular weight is 461 g/mol. The minimum Gasteiger partial charge on any atom is -0.413 e. The Balaban J connectivity index is 3.29. The molecule has 0 bridgehead atoms. The largest absolute Gasteiger partial charge is 0.413 e. The molecule has 4 nitrogen and oxygen atoms in total. The van der Waals surface area contributed by atoms with Gasteiger partial charge in [0, 0.05) is 0 Å². The monoisotopic (exact) mass is 460 g/mol. The van der Waals surface area contributed by atoms with Gasteiger partial charge in [-0.15, -0.1) is 0 Å². The van der Waals surface area contributed by atoms with Crippen molar-refractivity contribution in [2.45, 2.75) is 141 Å². The van der Waals surface area contributed by atoms with Gasteiger partial charge in [-0.1, -0.05) is 83.1 Å². The highest BCUT2D eigenvalue weighted by atomic mass is 28.4. The molecule has 0 aromatic carbocycles. The summed E-state index contributed by atoms with van der Waals surface area (Å²) in [7, 11) is -4.10. The second-order valence-corrected chi connectivity index (χ2v) is 22.5. The molecule has 1 heterocycles. The standard InChI is InChI=1S/C24H52O4Si2/c1-16(2)29(17(3)4,18(5)6)26-14-22(23-24(13,15-25)27-23)28-30(19(7)8,20(9)10)21(11)12/h16-23,25H,14-15H2,1-13H3/t22-,23+,24+/m1/s1. The first-order valence-corrected chi connectivity index (χ1v) is 16.5. The van der Waals surface area contributed by atoms with Gasteiger partial charge in [0.1, 0.15) is 11.7 Å². The summed E-state index contributed by atoms with van der Waals surface area (Å²) in [5.74, 6) is 0. The van der Waals surface area contributed by atoms with Crippen molar-refractivity contribution >= 4 is 16.6 Å². The number of ether oxygens (including phenoxy) is 1. The Morgan fingerprint density at radius 2 is 1.10 bits per heavy atom. The van der Waals surface area contributed by atoms with Crippen LogP contribution in [-0.2, 0) is 13.6 Å². The highest BCUT2D eigenvalue weighted by Gasteiger charge is 2.60. The van der Waals surface area contributed by atoms with Gasteiger partial charge in [0.25, 0.3) is 0 Å². The first-order chi connectivity index (χ1) is 13.6. The fourth-order valence-corrected chi connectivity index (χ4v) is 17.4. The van der Waals surface area contributed by atoms with Crippen LogP contribution in [0, 0.1) is 0 Å². The molecule has 3 atom stereocenters. The number of aliphatic hydroxyl groups excluding tert-OH is 1. The van der Waals surface area contributed by atoms with Crippen molar-refractivity contribution in [1.29, 1.82) is 0 Å². The first kappa shape index (κ1) is 28.3. The molecule has 0 aliphatic carbocycles. The van der Waals surface area contributed by atoms with Gasteiger partial charge < -0.3 is 18.7 Å². The summed E-state index contributed by atoms with van der Waals surface area (Å²) in [6.07, 6.45) is -0.215. The van der Waals surface area contributed by atoms with Crippen LogP contribution in [0.25, 0.3) is 0 Å². The SMILES string of the molecule is CC(C)[Si](OC[C@@H](O[Si](C(C)C)(C(C)C)C(C)C)[C@@H]1O[C@@]1(C)CO)(C(C)C)C(C)C. The minimum absolute atomic E-state index is 0.0260. The van der Waals surface area contributed by atoms with Crippen molar-refractivity contribution in [3.63, 3.8) is 0 Å². The zero-order valence-electron chi connectivity index (χ0n) is 22.2. The van der Waals surface area contributed by atoms with Gasteiger partial charge in [-0.3, -0.25) is 0 Å². The van der Waals surface area contributed by atoms with Gasteiger partial charge in [0.15, 0.2) is 8.32 Å². The fourth-order valence-electron chi connectivity index (χ4n) is 6.43. The molecule has 1 aliphatic heterocycles. The molecule has 1 aliphatic rings. The number of aliphatic hydroxyl groups is 1. The van der Waals surface area contributed by atoms with E-state index in [4.69, 9.17) is 13.6 Å². The van der Waals surface area contributed by atoms with Crippen molar-refractivity contribution in [1.82, 2.24) is 0 Å². The summed E-state index contributed by atoms with van der Waals surface area (Å²) in [5, 5.41) is 9.90. The van der Waals surface area contributed by atoms with E-state index >= 15 is 0 Å². The van der Waals surface area contributed by atoms with Gasteiger partial charge in [0.05, 0.1) is 19.3 Å². The van der Waals surface area contributed by atoms with E-state index < -0.39 is 22.2 Å². The lowest BCUT2D eigenvalue weighted by atomic mass is 10.1. The van der Waals surface area contributed by atoms with Crippen molar-refractivity contribution < 1.29 is 18.7 Å². The lowest BCUT2D eigenvalue weighted by molar-refractivity contribution is 0.0771. The molecule has 0 aromatic heterocycles. The van der Waals surface area contributed by atoms with E-state index in [9.17, 15) is 5.11 Å². The van der Waals surface area contributed by atoms with Gasteiger partial charge >= 0.3 is 0 Å². The third-order valence-corrected chi connectivity index (χ3v) is 20.1. The summed E-state index contributed by atoms with van der Waals surface area (Å²) in [6.45, 7) is 30.4. The minimum atomic E-state index is -2.09. The zero-order chi connectivity index (χ0) is 23.7. The van der Waals surface area contributed by atoms with Crippen LogP contribution in [0.4, 0.5) is 0 Å².